The molecular weight excluding hydrogens is 395 g/mol. The Hall–Kier alpha value is -4.11. The third-order valence-electron chi connectivity index (χ3n) is 4.48. The zero-order valence-corrected chi connectivity index (χ0v) is 17.2. The van der Waals surface area contributed by atoms with E-state index in [1.807, 2.05) is 31.2 Å². The molecule has 0 bridgehead atoms. The maximum absolute atomic E-state index is 13.8. The summed E-state index contributed by atoms with van der Waals surface area (Å²) in [6.07, 6.45) is 1.47. The van der Waals surface area contributed by atoms with Crippen LogP contribution in [0, 0.1) is 24.1 Å². The Kier molecular flexibility index (Phi) is 7.02. The van der Waals surface area contributed by atoms with E-state index < -0.39 is 5.91 Å². The summed E-state index contributed by atoms with van der Waals surface area (Å²) in [5, 5.41) is 12.2. The summed E-state index contributed by atoms with van der Waals surface area (Å²) in [7, 11) is 1.48. The number of aryl methyl sites for hydroxylation is 1. The van der Waals surface area contributed by atoms with Crippen LogP contribution >= 0.6 is 0 Å². The van der Waals surface area contributed by atoms with Gasteiger partial charge in [-0.05, 0) is 54.5 Å². The molecule has 0 saturated heterocycles. The first-order chi connectivity index (χ1) is 15.0. The number of hydrogen-bond donors (Lipinski definition) is 1. The summed E-state index contributed by atoms with van der Waals surface area (Å²) in [6, 6.07) is 20.6. The molecule has 0 heterocycles. The Morgan fingerprint density at radius 2 is 1.90 bits per heavy atom. The lowest BCUT2D eigenvalue weighted by atomic mass is 10.1. The lowest BCUT2D eigenvalue weighted by Gasteiger charge is -2.12. The van der Waals surface area contributed by atoms with E-state index in [1.165, 1.54) is 19.3 Å². The van der Waals surface area contributed by atoms with Crippen LogP contribution in [-0.2, 0) is 11.4 Å². The predicted molar refractivity (Wildman–Crippen MR) is 117 cm³/mol. The van der Waals surface area contributed by atoms with Gasteiger partial charge in [0.2, 0.25) is 0 Å². The van der Waals surface area contributed by atoms with Gasteiger partial charge in [-0.25, -0.2) is 4.39 Å². The van der Waals surface area contributed by atoms with Gasteiger partial charge in [-0.2, -0.15) is 5.26 Å². The number of halogens is 1. The molecule has 156 valence electrons. The zero-order chi connectivity index (χ0) is 22.2. The maximum Gasteiger partial charge on any atom is 0.266 e. The van der Waals surface area contributed by atoms with Crippen LogP contribution in [0.2, 0.25) is 0 Å². The summed E-state index contributed by atoms with van der Waals surface area (Å²) >= 11 is 0. The molecule has 1 N–H and O–H groups in total. The van der Waals surface area contributed by atoms with Gasteiger partial charge in [0.25, 0.3) is 5.91 Å². The molecule has 0 aromatic heterocycles. The monoisotopic (exact) mass is 416 g/mol. The Morgan fingerprint density at radius 1 is 1.10 bits per heavy atom. The third-order valence-corrected chi connectivity index (χ3v) is 4.48. The van der Waals surface area contributed by atoms with E-state index in [0.717, 1.165) is 5.56 Å². The molecule has 0 aliphatic rings. The van der Waals surface area contributed by atoms with Crippen molar-refractivity contribution in [3.8, 4) is 17.6 Å². The number of amides is 1. The molecule has 3 aromatic rings. The maximum atomic E-state index is 13.8. The van der Waals surface area contributed by atoms with Crippen molar-refractivity contribution in [3.63, 3.8) is 0 Å². The molecule has 3 aromatic carbocycles. The van der Waals surface area contributed by atoms with Crippen LogP contribution in [0.5, 0.6) is 11.5 Å². The molecular formula is C25H21FN2O3. The first kappa shape index (κ1) is 21.6. The highest BCUT2D eigenvalue weighted by molar-refractivity contribution is 6.09. The number of methoxy groups -OCH3 is 1. The molecule has 0 fully saturated rings. The lowest BCUT2D eigenvalue weighted by molar-refractivity contribution is -0.112. The SMILES string of the molecule is COc1cc(/C=C(/C#N)C(=O)Nc2cccc(C)c2)ccc1OCc1ccccc1F. The van der Waals surface area contributed by atoms with E-state index in [4.69, 9.17) is 9.47 Å². The van der Waals surface area contributed by atoms with Gasteiger partial charge in [-0.1, -0.05) is 36.4 Å². The summed E-state index contributed by atoms with van der Waals surface area (Å²) < 4.78 is 24.8. The lowest BCUT2D eigenvalue weighted by Crippen LogP contribution is -2.13. The van der Waals surface area contributed by atoms with Gasteiger partial charge >= 0.3 is 0 Å². The number of nitrogens with one attached hydrogen (secondary N) is 1. The highest BCUT2D eigenvalue weighted by Crippen LogP contribution is 2.30. The molecule has 0 unspecified atom stereocenters. The van der Waals surface area contributed by atoms with Crippen LogP contribution in [0.4, 0.5) is 10.1 Å². The van der Waals surface area contributed by atoms with Crippen molar-refractivity contribution in [3.05, 3.63) is 94.8 Å². The highest BCUT2D eigenvalue weighted by atomic mass is 19.1. The van der Waals surface area contributed by atoms with Gasteiger partial charge < -0.3 is 14.8 Å². The van der Waals surface area contributed by atoms with Crippen LogP contribution in [0.25, 0.3) is 6.08 Å². The van der Waals surface area contributed by atoms with E-state index in [9.17, 15) is 14.4 Å². The first-order valence-electron chi connectivity index (χ1n) is 9.54. The van der Waals surface area contributed by atoms with Gasteiger partial charge in [0.15, 0.2) is 11.5 Å². The second-order valence-corrected chi connectivity index (χ2v) is 6.78. The number of benzene rings is 3. The summed E-state index contributed by atoms with van der Waals surface area (Å²) in [6.45, 7) is 1.96. The van der Waals surface area contributed by atoms with Crippen molar-refractivity contribution in [1.29, 1.82) is 5.26 Å². The minimum atomic E-state index is -0.507. The van der Waals surface area contributed by atoms with Crippen molar-refractivity contribution in [2.24, 2.45) is 0 Å². The number of rotatable bonds is 7. The molecule has 31 heavy (non-hydrogen) atoms. The summed E-state index contributed by atoms with van der Waals surface area (Å²) in [5.74, 6) is -0.0293. The molecule has 6 heteroatoms. The fourth-order valence-corrected chi connectivity index (χ4v) is 2.90. The molecule has 0 radical (unpaired) electrons. The fraction of sp³-hybridized carbons (Fsp3) is 0.120. The van der Waals surface area contributed by atoms with Gasteiger partial charge in [0.05, 0.1) is 7.11 Å². The molecule has 3 rings (SSSR count). The van der Waals surface area contributed by atoms with Crippen molar-refractivity contribution in [2.75, 3.05) is 12.4 Å². The third kappa shape index (κ3) is 5.71. The average molecular weight is 416 g/mol. The number of nitrogens with zero attached hydrogens (tertiary/aromatic N) is 1. The molecule has 0 atom stereocenters. The quantitative estimate of drug-likeness (QED) is 0.421. The summed E-state index contributed by atoms with van der Waals surface area (Å²) in [4.78, 5) is 12.5. The van der Waals surface area contributed by atoms with Crippen LogP contribution in [0.1, 0.15) is 16.7 Å². The van der Waals surface area contributed by atoms with E-state index in [2.05, 4.69) is 5.32 Å². The smallest absolute Gasteiger partial charge is 0.266 e. The first-order valence-corrected chi connectivity index (χ1v) is 9.54. The van der Waals surface area contributed by atoms with Gasteiger partial charge in [0, 0.05) is 11.3 Å². The molecule has 0 aliphatic carbocycles. The second kappa shape index (κ2) is 10.1. The highest BCUT2D eigenvalue weighted by Gasteiger charge is 2.12. The molecule has 0 saturated carbocycles. The normalized spacial score (nSPS) is 10.8. The molecule has 0 spiro atoms. The largest absolute Gasteiger partial charge is 0.493 e. The Bertz CT molecular complexity index is 1170. The van der Waals surface area contributed by atoms with E-state index >= 15 is 0 Å². The van der Waals surface area contributed by atoms with Gasteiger partial charge in [0.1, 0.15) is 24.1 Å². The van der Waals surface area contributed by atoms with Crippen molar-refractivity contribution < 1.29 is 18.7 Å². The second-order valence-electron chi connectivity index (χ2n) is 6.78. The number of nitriles is 1. The minimum Gasteiger partial charge on any atom is -0.493 e. The van der Waals surface area contributed by atoms with Crippen molar-refractivity contribution >= 4 is 17.7 Å². The molecule has 5 nitrogen and oxygen atoms in total. The fourth-order valence-electron chi connectivity index (χ4n) is 2.90. The number of anilines is 1. The Balaban J connectivity index is 1.76. The van der Waals surface area contributed by atoms with Crippen molar-refractivity contribution in [2.45, 2.75) is 13.5 Å². The van der Waals surface area contributed by atoms with Crippen LogP contribution in [0.15, 0.2) is 72.3 Å². The number of ether oxygens (including phenoxy) is 2. The minimum absolute atomic E-state index is 0.0422. The predicted octanol–water partition coefficient (Wildman–Crippen LogP) is 5.27. The topological polar surface area (TPSA) is 71.3 Å². The van der Waals surface area contributed by atoms with Crippen LogP contribution in [-0.4, -0.2) is 13.0 Å². The van der Waals surface area contributed by atoms with Gasteiger partial charge in [-0.3, -0.25) is 4.79 Å². The molecule has 0 aliphatic heterocycles. The van der Waals surface area contributed by atoms with Crippen LogP contribution < -0.4 is 14.8 Å². The van der Waals surface area contributed by atoms with E-state index in [-0.39, 0.29) is 18.0 Å². The number of carbonyl (C=O) groups excluding carboxylic acids is 1. The van der Waals surface area contributed by atoms with Crippen molar-refractivity contribution in [1.82, 2.24) is 0 Å². The van der Waals surface area contributed by atoms with E-state index in [1.54, 1.807) is 42.5 Å². The van der Waals surface area contributed by atoms with Gasteiger partial charge in [-0.15, -0.1) is 0 Å². The standard InChI is InChI=1S/C25H21FN2O3/c1-17-6-5-8-21(12-17)28-25(29)20(15-27)13-18-10-11-23(24(14-18)30-2)31-16-19-7-3-4-9-22(19)26/h3-14H,16H2,1-2H3,(H,28,29)/b20-13-. The molecule has 1 amide bonds. The number of hydrogen-bond acceptors (Lipinski definition) is 4. The number of carbonyl (C=O) groups is 1. The summed E-state index contributed by atoms with van der Waals surface area (Å²) in [5.41, 5.74) is 2.57. The van der Waals surface area contributed by atoms with E-state index in [0.29, 0.717) is 28.3 Å². The Labute approximate surface area is 180 Å². The zero-order valence-electron chi connectivity index (χ0n) is 17.2. The average Bonchev–Trinajstić information content (AvgIpc) is 2.77. The van der Waals surface area contributed by atoms with Crippen LogP contribution in [0.3, 0.4) is 0 Å². The Morgan fingerprint density at radius 3 is 2.61 bits per heavy atom.